The molecule has 0 aliphatic heterocycles. The number of hydrogen-bond donors (Lipinski definition) is 2. The quantitative estimate of drug-likeness (QED) is 0.695. The van der Waals surface area contributed by atoms with Crippen LogP contribution in [-0.4, -0.2) is 48.6 Å². The molecule has 3 unspecified atom stereocenters. The second-order valence-electron chi connectivity index (χ2n) is 4.92. The average molecular weight is 244 g/mol. The molecule has 0 aliphatic rings. The number of carboxylic acid groups (broad SMARTS) is 1. The minimum absolute atomic E-state index is 0.0633. The standard InChI is InChI=1S/C12H24N2O3/c1-8(6-7-14(4)5)13-11(15)9(2)10(3)12(16)17/h8-10H,6-7H2,1-5H3,(H,13,15)(H,16,17). The predicted molar refractivity (Wildman–Crippen MR) is 66.7 cm³/mol. The Labute approximate surface area is 103 Å². The Morgan fingerprint density at radius 1 is 1.18 bits per heavy atom. The van der Waals surface area contributed by atoms with Gasteiger partial charge < -0.3 is 15.3 Å². The molecule has 0 rings (SSSR count). The van der Waals surface area contributed by atoms with Crippen LogP contribution in [0.4, 0.5) is 0 Å². The molecular formula is C12H24N2O3. The molecule has 100 valence electrons. The van der Waals surface area contributed by atoms with E-state index in [1.165, 1.54) is 0 Å². The highest BCUT2D eigenvalue weighted by Crippen LogP contribution is 2.11. The van der Waals surface area contributed by atoms with Crippen molar-refractivity contribution in [2.24, 2.45) is 11.8 Å². The molecule has 0 radical (unpaired) electrons. The summed E-state index contributed by atoms with van der Waals surface area (Å²) in [6.07, 6.45) is 0.854. The Kier molecular flexibility index (Phi) is 6.80. The van der Waals surface area contributed by atoms with E-state index in [1.54, 1.807) is 13.8 Å². The van der Waals surface area contributed by atoms with Crippen molar-refractivity contribution < 1.29 is 14.7 Å². The highest BCUT2D eigenvalue weighted by atomic mass is 16.4. The van der Waals surface area contributed by atoms with E-state index in [1.807, 2.05) is 25.9 Å². The zero-order valence-electron chi connectivity index (χ0n) is 11.4. The first-order valence-corrected chi connectivity index (χ1v) is 5.93. The average Bonchev–Trinajstić information content (AvgIpc) is 2.23. The zero-order valence-corrected chi connectivity index (χ0v) is 11.4. The molecule has 0 heterocycles. The van der Waals surface area contributed by atoms with Gasteiger partial charge in [-0.25, -0.2) is 0 Å². The van der Waals surface area contributed by atoms with Gasteiger partial charge in [0.15, 0.2) is 0 Å². The van der Waals surface area contributed by atoms with Crippen LogP contribution in [0.2, 0.25) is 0 Å². The van der Waals surface area contributed by atoms with Crippen molar-refractivity contribution in [2.45, 2.75) is 33.2 Å². The number of hydrogen-bond acceptors (Lipinski definition) is 3. The summed E-state index contributed by atoms with van der Waals surface area (Å²) in [5.74, 6) is -2.29. The highest BCUT2D eigenvalue weighted by Gasteiger charge is 2.26. The summed E-state index contributed by atoms with van der Waals surface area (Å²) < 4.78 is 0. The lowest BCUT2D eigenvalue weighted by atomic mass is 9.95. The van der Waals surface area contributed by atoms with Crippen LogP contribution >= 0.6 is 0 Å². The summed E-state index contributed by atoms with van der Waals surface area (Å²) in [5, 5.41) is 11.7. The van der Waals surface area contributed by atoms with Crippen molar-refractivity contribution in [3.63, 3.8) is 0 Å². The van der Waals surface area contributed by atoms with Crippen LogP contribution in [0.1, 0.15) is 27.2 Å². The molecule has 5 nitrogen and oxygen atoms in total. The van der Waals surface area contributed by atoms with E-state index < -0.39 is 17.8 Å². The molecule has 1 amide bonds. The van der Waals surface area contributed by atoms with Gasteiger partial charge in [0.1, 0.15) is 0 Å². The van der Waals surface area contributed by atoms with E-state index in [0.717, 1.165) is 13.0 Å². The van der Waals surface area contributed by atoms with Crippen molar-refractivity contribution in [2.75, 3.05) is 20.6 Å². The lowest BCUT2D eigenvalue weighted by Crippen LogP contribution is -2.41. The Balaban J connectivity index is 4.11. The molecule has 0 saturated heterocycles. The fourth-order valence-corrected chi connectivity index (χ4v) is 1.34. The van der Waals surface area contributed by atoms with Gasteiger partial charge in [-0.2, -0.15) is 0 Å². The van der Waals surface area contributed by atoms with Crippen molar-refractivity contribution in [3.8, 4) is 0 Å². The van der Waals surface area contributed by atoms with Crippen molar-refractivity contribution in [1.82, 2.24) is 10.2 Å². The lowest BCUT2D eigenvalue weighted by Gasteiger charge is -2.21. The Hall–Kier alpha value is -1.10. The molecule has 0 aromatic rings. The summed E-state index contributed by atoms with van der Waals surface area (Å²) in [6, 6.07) is 0.0633. The van der Waals surface area contributed by atoms with E-state index in [9.17, 15) is 9.59 Å². The monoisotopic (exact) mass is 244 g/mol. The Bertz CT molecular complexity index is 266. The molecule has 0 saturated carbocycles. The number of carboxylic acids is 1. The number of carbonyl (C=O) groups is 2. The van der Waals surface area contributed by atoms with Crippen LogP contribution < -0.4 is 5.32 Å². The fraction of sp³-hybridized carbons (Fsp3) is 0.833. The molecule has 17 heavy (non-hydrogen) atoms. The summed E-state index contributed by atoms with van der Waals surface area (Å²) in [4.78, 5) is 24.6. The SMILES string of the molecule is CC(CCN(C)C)NC(=O)C(C)C(C)C(=O)O. The normalized spacial score (nSPS) is 16.4. The van der Waals surface area contributed by atoms with E-state index in [-0.39, 0.29) is 11.9 Å². The van der Waals surface area contributed by atoms with Crippen molar-refractivity contribution in [1.29, 1.82) is 0 Å². The lowest BCUT2D eigenvalue weighted by molar-refractivity contribution is -0.146. The number of rotatable bonds is 7. The van der Waals surface area contributed by atoms with Crippen LogP contribution in [0.3, 0.4) is 0 Å². The first kappa shape index (κ1) is 15.9. The van der Waals surface area contributed by atoms with Crippen molar-refractivity contribution >= 4 is 11.9 Å². The molecule has 3 atom stereocenters. The summed E-state index contributed by atoms with van der Waals surface area (Å²) in [7, 11) is 3.95. The van der Waals surface area contributed by atoms with Gasteiger partial charge in [0.25, 0.3) is 0 Å². The predicted octanol–water partition coefficient (Wildman–Crippen LogP) is 0.800. The molecule has 0 aliphatic carbocycles. The minimum Gasteiger partial charge on any atom is -0.481 e. The third-order valence-corrected chi connectivity index (χ3v) is 2.95. The van der Waals surface area contributed by atoms with E-state index >= 15 is 0 Å². The van der Waals surface area contributed by atoms with E-state index in [0.29, 0.717) is 0 Å². The number of amides is 1. The topological polar surface area (TPSA) is 69.6 Å². The number of nitrogens with one attached hydrogen (secondary N) is 1. The first-order valence-electron chi connectivity index (χ1n) is 5.93. The number of nitrogens with zero attached hydrogens (tertiary/aromatic N) is 1. The first-order chi connectivity index (χ1) is 7.75. The van der Waals surface area contributed by atoms with Crippen LogP contribution in [0.5, 0.6) is 0 Å². The number of carbonyl (C=O) groups excluding carboxylic acids is 1. The second-order valence-corrected chi connectivity index (χ2v) is 4.92. The maximum Gasteiger partial charge on any atom is 0.307 e. The molecule has 0 spiro atoms. The zero-order chi connectivity index (χ0) is 13.6. The van der Waals surface area contributed by atoms with E-state index in [4.69, 9.17) is 5.11 Å². The maximum absolute atomic E-state index is 11.8. The summed E-state index contributed by atoms with van der Waals surface area (Å²) >= 11 is 0. The third-order valence-electron chi connectivity index (χ3n) is 2.95. The summed E-state index contributed by atoms with van der Waals surface area (Å²) in [6.45, 7) is 6.02. The van der Waals surface area contributed by atoms with Gasteiger partial charge in [-0.3, -0.25) is 9.59 Å². The van der Waals surface area contributed by atoms with Gasteiger partial charge in [-0.15, -0.1) is 0 Å². The third kappa shape index (κ3) is 6.26. The van der Waals surface area contributed by atoms with Gasteiger partial charge in [0.05, 0.1) is 5.92 Å². The molecule has 0 aromatic heterocycles. The summed E-state index contributed by atoms with van der Waals surface area (Å²) in [5.41, 5.74) is 0. The fourth-order valence-electron chi connectivity index (χ4n) is 1.34. The molecule has 0 fully saturated rings. The minimum atomic E-state index is -0.936. The van der Waals surface area contributed by atoms with Gasteiger partial charge in [0, 0.05) is 12.0 Å². The van der Waals surface area contributed by atoms with Gasteiger partial charge in [-0.05, 0) is 34.0 Å². The largest absolute Gasteiger partial charge is 0.481 e. The highest BCUT2D eigenvalue weighted by molar-refractivity contribution is 5.84. The second kappa shape index (κ2) is 7.27. The Morgan fingerprint density at radius 3 is 2.12 bits per heavy atom. The van der Waals surface area contributed by atoms with Crippen LogP contribution in [0.25, 0.3) is 0 Å². The van der Waals surface area contributed by atoms with Gasteiger partial charge in [0.2, 0.25) is 5.91 Å². The molecule has 0 aromatic carbocycles. The van der Waals surface area contributed by atoms with Gasteiger partial charge >= 0.3 is 5.97 Å². The number of aliphatic carboxylic acids is 1. The maximum atomic E-state index is 11.8. The molecule has 2 N–H and O–H groups in total. The Morgan fingerprint density at radius 2 is 1.71 bits per heavy atom. The van der Waals surface area contributed by atoms with E-state index in [2.05, 4.69) is 5.32 Å². The van der Waals surface area contributed by atoms with Crippen LogP contribution in [0, 0.1) is 11.8 Å². The molecule has 5 heteroatoms. The molecular weight excluding hydrogens is 220 g/mol. The van der Waals surface area contributed by atoms with Crippen LogP contribution in [0.15, 0.2) is 0 Å². The smallest absolute Gasteiger partial charge is 0.307 e. The van der Waals surface area contributed by atoms with Crippen molar-refractivity contribution in [3.05, 3.63) is 0 Å². The van der Waals surface area contributed by atoms with Gasteiger partial charge in [-0.1, -0.05) is 13.8 Å². The van der Waals surface area contributed by atoms with Crippen LogP contribution in [-0.2, 0) is 9.59 Å². The molecule has 0 bridgehead atoms.